The lowest BCUT2D eigenvalue weighted by molar-refractivity contribution is 0.0698. The number of carbonyl (C=O) groups is 1. The van der Waals surface area contributed by atoms with Gasteiger partial charge in [-0.1, -0.05) is 59.6 Å². The van der Waals surface area contributed by atoms with Gasteiger partial charge in [0.2, 0.25) is 0 Å². The van der Waals surface area contributed by atoms with E-state index in [9.17, 15) is 9.90 Å². The van der Waals surface area contributed by atoms with E-state index in [1.54, 1.807) is 36.4 Å². The van der Waals surface area contributed by atoms with Gasteiger partial charge >= 0.3 is 5.97 Å². The first-order chi connectivity index (χ1) is 10.6. The average molecular weight is 333 g/mol. The van der Waals surface area contributed by atoms with Gasteiger partial charge in [-0.2, -0.15) is 5.10 Å². The predicted molar refractivity (Wildman–Crippen MR) is 86.0 cm³/mol. The van der Waals surface area contributed by atoms with Gasteiger partial charge in [0.25, 0.3) is 0 Å². The van der Waals surface area contributed by atoms with Crippen molar-refractivity contribution in [1.29, 1.82) is 0 Å². The molecule has 1 N–H and O–H groups in total. The van der Waals surface area contributed by atoms with Crippen molar-refractivity contribution in [1.82, 2.24) is 9.78 Å². The number of nitrogens with zero attached hydrogens (tertiary/aromatic N) is 2. The summed E-state index contributed by atoms with van der Waals surface area (Å²) < 4.78 is 1.39. The maximum Gasteiger partial charge on any atom is 0.341 e. The molecule has 6 heteroatoms. The summed E-state index contributed by atoms with van der Waals surface area (Å²) in [7, 11) is 0. The molecule has 4 nitrogen and oxygen atoms in total. The molecule has 0 saturated heterocycles. The zero-order valence-corrected chi connectivity index (χ0v) is 12.7. The number of aromatic nitrogens is 2. The summed E-state index contributed by atoms with van der Waals surface area (Å²) in [6, 6.07) is 16.0. The number of hydrogen-bond donors (Lipinski definition) is 1. The predicted octanol–water partition coefficient (Wildman–Crippen LogP) is 4.54. The summed E-state index contributed by atoms with van der Waals surface area (Å²) in [6.07, 6.45) is 0. The molecule has 0 atom stereocenters. The second-order valence-electron chi connectivity index (χ2n) is 4.55. The molecule has 3 rings (SSSR count). The lowest BCUT2D eigenvalue weighted by atomic mass is 10.1. The number of benzene rings is 2. The smallest absolute Gasteiger partial charge is 0.341 e. The lowest BCUT2D eigenvalue weighted by Crippen LogP contribution is -1.99. The number of carboxylic acids is 1. The van der Waals surface area contributed by atoms with Gasteiger partial charge in [-0.25, -0.2) is 9.48 Å². The summed E-state index contributed by atoms with van der Waals surface area (Å²) in [5, 5.41) is 14.3. The van der Waals surface area contributed by atoms with Crippen LogP contribution in [0.2, 0.25) is 10.2 Å². The molecule has 110 valence electrons. The first kappa shape index (κ1) is 14.6. The third-order valence-corrected chi connectivity index (χ3v) is 3.85. The van der Waals surface area contributed by atoms with Crippen LogP contribution in [0.3, 0.4) is 0 Å². The molecule has 0 bridgehead atoms. The Hall–Kier alpha value is -2.30. The van der Waals surface area contributed by atoms with Gasteiger partial charge in [-0.05, 0) is 18.2 Å². The molecule has 1 aromatic heterocycles. The standard InChI is InChI=1S/C16H10Cl2N2O2/c17-12-9-5-4-8-11(12)14-13(16(21)22)15(18)20(19-14)10-6-2-1-3-7-10/h1-9H,(H,21,22). The number of rotatable bonds is 3. The highest BCUT2D eigenvalue weighted by atomic mass is 35.5. The van der Waals surface area contributed by atoms with Gasteiger partial charge in [0.05, 0.1) is 10.7 Å². The van der Waals surface area contributed by atoms with Gasteiger partial charge in [-0.15, -0.1) is 0 Å². The first-order valence-electron chi connectivity index (χ1n) is 6.41. The number of para-hydroxylation sites is 1. The van der Waals surface area contributed by atoms with Crippen molar-refractivity contribution in [2.24, 2.45) is 0 Å². The highest BCUT2D eigenvalue weighted by Gasteiger charge is 2.25. The quantitative estimate of drug-likeness (QED) is 0.765. The molecule has 0 saturated carbocycles. The monoisotopic (exact) mass is 332 g/mol. The van der Waals surface area contributed by atoms with Crippen LogP contribution in [-0.2, 0) is 0 Å². The lowest BCUT2D eigenvalue weighted by Gasteiger charge is -2.02. The van der Waals surface area contributed by atoms with Crippen LogP contribution in [0.4, 0.5) is 0 Å². The summed E-state index contributed by atoms with van der Waals surface area (Å²) in [5.41, 5.74) is 1.37. The molecule has 1 heterocycles. The van der Waals surface area contributed by atoms with Crippen molar-refractivity contribution in [2.45, 2.75) is 0 Å². The Kier molecular flexibility index (Phi) is 3.88. The molecule has 0 radical (unpaired) electrons. The van der Waals surface area contributed by atoms with Crippen LogP contribution in [0, 0.1) is 0 Å². The maximum absolute atomic E-state index is 11.6. The van der Waals surface area contributed by atoms with Crippen LogP contribution in [0.1, 0.15) is 10.4 Å². The van der Waals surface area contributed by atoms with Crippen LogP contribution in [0.15, 0.2) is 54.6 Å². The van der Waals surface area contributed by atoms with Crippen molar-refractivity contribution in [3.63, 3.8) is 0 Å². The largest absolute Gasteiger partial charge is 0.478 e. The van der Waals surface area contributed by atoms with Crippen LogP contribution in [-0.4, -0.2) is 20.9 Å². The van der Waals surface area contributed by atoms with Crippen molar-refractivity contribution in [2.75, 3.05) is 0 Å². The Balaban J connectivity index is 2.28. The fourth-order valence-corrected chi connectivity index (χ4v) is 2.70. The molecule has 0 spiro atoms. The summed E-state index contributed by atoms with van der Waals surface area (Å²) in [6.45, 7) is 0. The maximum atomic E-state index is 11.6. The normalized spacial score (nSPS) is 10.6. The Morgan fingerprint density at radius 1 is 1.00 bits per heavy atom. The molecule has 3 aromatic rings. The highest BCUT2D eigenvalue weighted by molar-refractivity contribution is 6.35. The molecule has 0 aliphatic heterocycles. The first-order valence-corrected chi connectivity index (χ1v) is 7.17. The molecule has 2 aromatic carbocycles. The molecule has 0 aliphatic rings. The van der Waals surface area contributed by atoms with Crippen molar-refractivity contribution >= 4 is 29.2 Å². The molecule has 0 unspecified atom stereocenters. The van der Waals surface area contributed by atoms with Gasteiger partial charge in [0, 0.05) is 5.56 Å². The Morgan fingerprint density at radius 3 is 2.27 bits per heavy atom. The zero-order chi connectivity index (χ0) is 15.7. The van der Waals surface area contributed by atoms with Gasteiger partial charge in [0.15, 0.2) is 0 Å². The number of hydrogen-bond acceptors (Lipinski definition) is 2. The summed E-state index contributed by atoms with van der Waals surface area (Å²) in [5.74, 6) is -1.15. The molecule has 22 heavy (non-hydrogen) atoms. The van der Waals surface area contributed by atoms with E-state index in [-0.39, 0.29) is 16.4 Å². The fourth-order valence-electron chi connectivity index (χ4n) is 2.17. The highest BCUT2D eigenvalue weighted by Crippen LogP contribution is 2.34. The van der Waals surface area contributed by atoms with Crippen molar-refractivity contribution < 1.29 is 9.90 Å². The minimum absolute atomic E-state index is 0.0358. The van der Waals surface area contributed by atoms with E-state index in [4.69, 9.17) is 23.2 Å². The van der Waals surface area contributed by atoms with Gasteiger partial charge in [0.1, 0.15) is 16.4 Å². The van der Waals surface area contributed by atoms with Crippen molar-refractivity contribution in [3.05, 3.63) is 70.3 Å². The third kappa shape index (κ3) is 2.47. The van der Waals surface area contributed by atoms with Gasteiger partial charge in [-0.3, -0.25) is 0 Å². The van der Waals surface area contributed by atoms with E-state index < -0.39 is 5.97 Å². The Labute approximate surface area is 136 Å². The fraction of sp³-hybridized carbons (Fsp3) is 0. The second-order valence-corrected chi connectivity index (χ2v) is 5.31. The molecule has 0 fully saturated rings. The van der Waals surface area contributed by atoms with E-state index in [1.807, 2.05) is 18.2 Å². The van der Waals surface area contributed by atoms with E-state index >= 15 is 0 Å². The third-order valence-electron chi connectivity index (χ3n) is 3.17. The minimum atomic E-state index is -1.15. The second kappa shape index (κ2) is 5.83. The Morgan fingerprint density at radius 2 is 1.64 bits per heavy atom. The average Bonchev–Trinajstić information content (AvgIpc) is 2.86. The SMILES string of the molecule is O=C(O)c1c(-c2ccccc2Cl)nn(-c2ccccc2)c1Cl. The number of halogens is 2. The van der Waals surface area contributed by atoms with Gasteiger partial charge < -0.3 is 5.11 Å². The topological polar surface area (TPSA) is 55.1 Å². The minimum Gasteiger partial charge on any atom is -0.478 e. The summed E-state index contributed by atoms with van der Waals surface area (Å²) >= 11 is 12.4. The van der Waals surface area contributed by atoms with E-state index in [2.05, 4.69) is 5.10 Å². The van der Waals surface area contributed by atoms with Crippen LogP contribution < -0.4 is 0 Å². The van der Waals surface area contributed by atoms with E-state index in [1.165, 1.54) is 4.68 Å². The number of carboxylic acid groups (broad SMARTS) is 1. The Bertz CT molecular complexity index is 845. The number of aromatic carboxylic acids is 1. The molecule has 0 aliphatic carbocycles. The van der Waals surface area contributed by atoms with E-state index in [0.29, 0.717) is 16.3 Å². The van der Waals surface area contributed by atoms with Crippen LogP contribution >= 0.6 is 23.2 Å². The van der Waals surface area contributed by atoms with Crippen molar-refractivity contribution in [3.8, 4) is 16.9 Å². The summed E-state index contributed by atoms with van der Waals surface area (Å²) in [4.78, 5) is 11.6. The zero-order valence-electron chi connectivity index (χ0n) is 11.2. The van der Waals surface area contributed by atoms with E-state index in [0.717, 1.165) is 0 Å². The van der Waals surface area contributed by atoms with Crippen LogP contribution in [0.25, 0.3) is 16.9 Å². The van der Waals surface area contributed by atoms with Crippen LogP contribution in [0.5, 0.6) is 0 Å². The molecule has 0 amide bonds. The molecular formula is C16H10Cl2N2O2. The molecular weight excluding hydrogens is 323 g/mol.